The Bertz CT molecular complexity index is 532. The minimum atomic E-state index is -0.0278. The Hall–Kier alpha value is -2.23. The van der Waals surface area contributed by atoms with E-state index < -0.39 is 0 Å². The molecule has 2 aromatic rings. The van der Waals surface area contributed by atoms with Crippen LogP contribution in [0.4, 0.5) is 0 Å². The molecule has 4 heteroatoms. The number of hydrogen-bond donors (Lipinski definition) is 1. The van der Waals surface area contributed by atoms with Crippen LogP contribution < -0.4 is 4.74 Å². The lowest BCUT2D eigenvalue weighted by Crippen LogP contribution is -2.31. The van der Waals surface area contributed by atoms with Crippen molar-refractivity contribution in [3.63, 3.8) is 0 Å². The second kappa shape index (κ2) is 6.80. The minimum absolute atomic E-state index is 0.0278. The molecular weight excluding hydrogens is 252 g/mol. The quantitative estimate of drug-likeness (QED) is 0.878. The van der Waals surface area contributed by atoms with Gasteiger partial charge in [0.1, 0.15) is 18.1 Å². The highest BCUT2D eigenvalue weighted by Crippen LogP contribution is 2.12. The summed E-state index contributed by atoms with van der Waals surface area (Å²) < 4.78 is 5.64. The van der Waals surface area contributed by atoms with Gasteiger partial charge >= 0.3 is 0 Å². The molecule has 0 aliphatic heterocycles. The van der Waals surface area contributed by atoms with Crippen molar-refractivity contribution in [2.45, 2.75) is 13.3 Å². The maximum absolute atomic E-state index is 12.0. The van der Waals surface area contributed by atoms with Gasteiger partial charge < -0.3 is 14.6 Å². The normalized spacial score (nSPS) is 10.3. The summed E-state index contributed by atoms with van der Waals surface area (Å²) in [6.07, 6.45) is 2.76. The zero-order valence-corrected chi connectivity index (χ0v) is 11.9. The number of H-pyrrole nitrogens is 1. The van der Waals surface area contributed by atoms with Gasteiger partial charge in [-0.1, -0.05) is 19.1 Å². The van der Waals surface area contributed by atoms with Crippen molar-refractivity contribution in [2.24, 2.45) is 0 Å². The molecular formula is C16H20N2O2. The molecule has 20 heavy (non-hydrogen) atoms. The molecule has 1 N–H and O–H groups in total. The summed E-state index contributed by atoms with van der Waals surface area (Å²) in [7, 11) is 1.77. The summed E-state index contributed by atoms with van der Waals surface area (Å²) in [5.74, 6) is 0.808. The lowest BCUT2D eigenvalue weighted by atomic mass is 10.2. The number of aryl methyl sites for hydroxylation is 1. The van der Waals surface area contributed by atoms with Gasteiger partial charge in [-0.3, -0.25) is 4.79 Å². The number of aromatic nitrogens is 1. The summed E-state index contributed by atoms with van der Waals surface area (Å²) >= 11 is 0. The van der Waals surface area contributed by atoms with Crippen LogP contribution in [0.25, 0.3) is 0 Å². The molecule has 0 radical (unpaired) electrons. The average molecular weight is 272 g/mol. The Kier molecular flexibility index (Phi) is 4.82. The zero-order chi connectivity index (χ0) is 14.4. The first kappa shape index (κ1) is 14.2. The number of nitrogens with one attached hydrogen (secondary N) is 1. The molecule has 4 nitrogen and oxygen atoms in total. The lowest BCUT2D eigenvalue weighted by Gasteiger charge is -2.16. The van der Waals surface area contributed by atoms with E-state index in [2.05, 4.69) is 24.0 Å². The number of hydrogen-bond acceptors (Lipinski definition) is 2. The van der Waals surface area contributed by atoms with Gasteiger partial charge in [-0.15, -0.1) is 0 Å². The van der Waals surface area contributed by atoms with Gasteiger partial charge in [0.25, 0.3) is 5.91 Å². The van der Waals surface area contributed by atoms with Gasteiger partial charge in [0.15, 0.2) is 0 Å². The average Bonchev–Trinajstić information content (AvgIpc) is 3.01. The number of nitrogens with zero attached hydrogens (tertiary/aromatic N) is 1. The lowest BCUT2D eigenvalue weighted by molar-refractivity contribution is 0.0768. The summed E-state index contributed by atoms with van der Waals surface area (Å²) in [6.45, 7) is 3.15. The number of likely N-dealkylation sites (N-methyl/N-ethyl adjacent to an activating group) is 1. The number of benzene rings is 1. The standard InChI is InChI=1S/C16H20N2O2/c1-3-13-6-8-14(9-7-13)20-12-11-18(2)16(19)15-5-4-10-17-15/h4-10,17H,3,11-12H2,1-2H3. The van der Waals surface area contributed by atoms with Gasteiger partial charge in [0, 0.05) is 13.2 Å². The number of carbonyl (C=O) groups excluding carboxylic acids is 1. The molecule has 1 amide bonds. The number of ether oxygens (including phenoxy) is 1. The van der Waals surface area contributed by atoms with E-state index in [1.54, 1.807) is 24.2 Å². The van der Waals surface area contributed by atoms with Crippen LogP contribution in [0.3, 0.4) is 0 Å². The van der Waals surface area contributed by atoms with E-state index in [9.17, 15) is 4.79 Å². The van der Waals surface area contributed by atoms with Crippen LogP contribution in [0.15, 0.2) is 42.6 Å². The molecule has 0 unspecified atom stereocenters. The first-order valence-electron chi connectivity index (χ1n) is 6.81. The van der Waals surface area contributed by atoms with Gasteiger partial charge in [0.2, 0.25) is 0 Å². The highest BCUT2D eigenvalue weighted by atomic mass is 16.5. The van der Waals surface area contributed by atoms with Crippen LogP contribution >= 0.6 is 0 Å². The molecule has 1 heterocycles. The summed E-state index contributed by atoms with van der Waals surface area (Å²) in [5.41, 5.74) is 1.89. The number of rotatable bonds is 6. The van der Waals surface area contributed by atoms with Crippen LogP contribution in [0.1, 0.15) is 23.0 Å². The van der Waals surface area contributed by atoms with Gasteiger partial charge in [0.05, 0.1) is 6.54 Å². The van der Waals surface area contributed by atoms with Crippen molar-refractivity contribution in [3.8, 4) is 5.75 Å². The predicted octanol–water partition coefficient (Wildman–Crippen LogP) is 2.73. The molecule has 1 aromatic heterocycles. The molecule has 2 rings (SSSR count). The SMILES string of the molecule is CCc1ccc(OCCN(C)C(=O)c2ccc[nH]2)cc1. The fraction of sp³-hybridized carbons (Fsp3) is 0.312. The van der Waals surface area contributed by atoms with Crippen molar-refractivity contribution in [1.29, 1.82) is 0 Å². The highest BCUT2D eigenvalue weighted by molar-refractivity contribution is 5.92. The molecule has 0 saturated heterocycles. The van der Waals surface area contributed by atoms with E-state index in [0.29, 0.717) is 18.8 Å². The third-order valence-electron chi connectivity index (χ3n) is 3.20. The van der Waals surface area contributed by atoms with Crippen molar-refractivity contribution in [3.05, 3.63) is 53.9 Å². The molecule has 0 bridgehead atoms. The van der Waals surface area contributed by atoms with Crippen LogP contribution in [0.5, 0.6) is 5.75 Å². The Balaban J connectivity index is 1.78. The summed E-state index contributed by atoms with van der Waals surface area (Å²) in [5, 5.41) is 0. The summed E-state index contributed by atoms with van der Waals surface area (Å²) in [4.78, 5) is 16.5. The second-order valence-corrected chi connectivity index (χ2v) is 4.66. The molecule has 0 fully saturated rings. The molecule has 0 spiro atoms. The van der Waals surface area contributed by atoms with Crippen LogP contribution in [-0.2, 0) is 6.42 Å². The maximum Gasteiger partial charge on any atom is 0.270 e. The largest absolute Gasteiger partial charge is 0.492 e. The molecule has 0 saturated carbocycles. The second-order valence-electron chi connectivity index (χ2n) is 4.66. The van der Waals surface area contributed by atoms with Gasteiger partial charge in [-0.2, -0.15) is 0 Å². The van der Waals surface area contributed by atoms with E-state index in [4.69, 9.17) is 4.74 Å². The number of aromatic amines is 1. The van der Waals surface area contributed by atoms with E-state index in [0.717, 1.165) is 12.2 Å². The van der Waals surface area contributed by atoms with Gasteiger partial charge in [-0.25, -0.2) is 0 Å². The highest BCUT2D eigenvalue weighted by Gasteiger charge is 2.11. The molecule has 1 aromatic carbocycles. The molecule has 0 atom stereocenters. The molecule has 0 aliphatic carbocycles. The Labute approximate surface area is 119 Å². The minimum Gasteiger partial charge on any atom is -0.492 e. The first-order valence-corrected chi connectivity index (χ1v) is 6.81. The van der Waals surface area contributed by atoms with E-state index >= 15 is 0 Å². The Morgan fingerprint density at radius 3 is 2.60 bits per heavy atom. The van der Waals surface area contributed by atoms with Crippen LogP contribution in [0, 0.1) is 0 Å². The fourth-order valence-corrected chi connectivity index (χ4v) is 1.89. The van der Waals surface area contributed by atoms with E-state index in [1.807, 2.05) is 18.2 Å². The zero-order valence-electron chi connectivity index (χ0n) is 11.9. The molecule has 106 valence electrons. The smallest absolute Gasteiger partial charge is 0.270 e. The first-order chi connectivity index (χ1) is 9.70. The van der Waals surface area contributed by atoms with Crippen molar-refractivity contribution in [1.82, 2.24) is 9.88 Å². The third-order valence-corrected chi connectivity index (χ3v) is 3.20. The van der Waals surface area contributed by atoms with Crippen molar-refractivity contribution >= 4 is 5.91 Å². The third kappa shape index (κ3) is 3.63. The molecule has 0 aliphatic rings. The monoisotopic (exact) mass is 272 g/mol. The predicted molar refractivity (Wildman–Crippen MR) is 79.1 cm³/mol. The van der Waals surface area contributed by atoms with Crippen LogP contribution in [-0.4, -0.2) is 36.0 Å². The Morgan fingerprint density at radius 2 is 2.00 bits per heavy atom. The maximum atomic E-state index is 12.0. The summed E-state index contributed by atoms with van der Waals surface area (Å²) in [6, 6.07) is 11.6. The number of amides is 1. The van der Waals surface area contributed by atoms with Crippen molar-refractivity contribution < 1.29 is 9.53 Å². The number of carbonyl (C=O) groups is 1. The van der Waals surface area contributed by atoms with Gasteiger partial charge in [-0.05, 0) is 36.2 Å². The van der Waals surface area contributed by atoms with Crippen molar-refractivity contribution in [2.75, 3.05) is 20.2 Å². The van der Waals surface area contributed by atoms with E-state index in [-0.39, 0.29) is 5.91 Å². The Morgan fingerprint density at radius 1 is 1.25 bits per heavy atom. The van der Waals surface area contributed by atoms with E-state index in [1.165, 1.54) is 5.56 Å². The van der Waals surface area contributed by atoms with Crippen LogP contribution in [0.2, 0.25) is 0 Å². The fourth-order valence-electron chi connectivity index (χ4n) is 1.89. The topological polar surface area (TPSA) is 45.3 Å².